The highest BCUT2D eigenvalue weighted by Gasteiger charge is 2.26. The topological polar surface area (TPSA) is 99.8 Å². The van der Waals surface area contributed by atoms with Crippen molar-refractivity contribution in [2.45, 2.75) is 12.8 Å². The van der Waals surface area contributed by atoms with E-state index in [9.17, 15) is 14.4 Å². The highest BCUT2D eigenvalue weighted by atomic mass is 16.5. The predicted molar refractivity (Wildman–Crippen MR) is 140 cm³/mol. The molecule has 0 saturated carbocycles. The van der Waals surface area contributed by atoms with Crippen LogP contribution in [0.3, 0.4) is 0 Å². The molecule has 0 aromatic heterocycles. The first kappa shape index (κ1) is 24.9. The van der Waals surface area contributed by atoms with Gasteiger partial charge in [-0.3, -0.25) is 19.3 Å². The summed E-state index contributed by atoms with van der Waals surface area (Å²) in [5, 5.41) is 8.67. The molecule has 186 valence electrons. The summed E-state index contributed by atoms with van der Waals surface area (Å²) < 4.78 is 5.30. The van der Waals surface area contributed by atoms with Crippen molar-refractivity contribution < 1.29 is 19.1 Å². The molecule has 3 N–H and O–H groups in total. The van der Waals surface area contributed by atoms with Crippen LogP contribution < -0.4 is 20.7 Å². The number of hydrogen-bond donors (Lipinski definition) is 3. The first-order chi connectivity index (χ1) is 17.5. The SMILES string of the molecule is COc1ccccc1NC(=O)C1CCN(CC(=O)Nc2ccccc2C(=O)Nc2ccccc2)CC1. The molecular formula is C28H30N4O4. The van der Waals surface area contributed by atoms with Crippen molar-refractivity contribution in [1.29, 1.82) is 0 Å². The Morgan fingerprint density at radius 2 is 1.44 bits per heavy atom. The summed E-state index contributed by atoms with van der Waals surface area (Å²) in [5.41, 5.74) is 2.19. The van der Waals surface area contributed by atoms with E-state index in [4.69, 9.17) is 4.74 Å². The van der Waals surface area contributed by atoms with Gasteiger partial charge < -0.3 is 20.7 Å². The molecule has 3 amide bonds. The minimum atomic E-state index is -0.293. The minimum Gasteiger partial charge on any atom is -0.495 e. The third-order valence-electron chi connectivity index (χ3n) is 6.17. The van der Waals surface area contributed by atoms with Crippen LogP contribution in [0.1, 0.15) is 23.2 Å². The second kappa shape index (κ2) is 12.0. The van der Waals surface area contributed by atoms with Crippen LogP contribution in [0.5, 0.6) is 5.75 Å². The molecule has 1 fully saturated rings. The van der Waals surface area contributed by atoms with Gasteiger partial charge in [-0.1, -0.05) is 42.5 Å². The Labute approximate surface area is 210 Å². The Bertz CT molecular complexity index is 1210. The Balaban J connectivity index is 1.28. The summed E-state index contributed by atoms with van der Waals surface area (Å²) in [6.45, 7) is 1.45. The van der Waals surface area contributed by atoms with Gasteiger partial charge in [0.15, 0.2) is 0 Å². The van der Waals surface area contributed by atoms with Gasteiger partial charge in [0.05, 0.1) is 30.6 Å². The average molecular weight is 487 g/mol. The summed E-state index contributed by atoms with van der Waals surface area (Å²) in [4.78, 5) is 40.3. The number of rotatable bonds is 8. The van der Waals surface area contributed by atoms with Gasteiger partial charge in [-0.2, -0.15) is 0 Å². The lowest BCUT2D eigenvalue weighted by atomic mass is 9.95. The second-order valence-corrected chi connectivity index (χ2v) is 8.65. The van der Waals surface area contributed by atoms with Crippen molar-refractivity contribution >= 4 is 34.8 Å². The number of benzene rings is 3. The number of methoxy groups -OCH3 is 1. The highest BCUT2D eigenvalue weighted by molar-refractivity contribution is 6.10. The third kappa shape index (κ3) is 6.49. The molecule has 0 aliphatic carbocycles. The molecule has 0 atom stereocenters. The molecule has 1 heterocycles. The van der Waals surface area contributed by atoms with Crippen LogP contribution in [0.25, 0.3) is 0 Å². The van der Waals surface area contributed by atoms with Gasteiger partial charge in [-0.15, -0.1) is 0 Å². The molecule has 0 bridgehead atoms. The largest absolute Gasteiger partial charge is 0.495 e. The van der Waals surface area contributed by atoms with Crippen molar-refractivity contribution in [2.24, 2.45) is 5.92 Å². The molecule has 0 spiro atoms. The van der Waals surface area contributed by atoms with E-state index in [2.05, 4.69) is 16.0 Å². The number of piperidine rings is 1. The number of carbonyl (C=O) groups excluding carboxylic acids is 3. The first-order valence-corrected chi connectivity index (χ1v) is 11.9. The molecule has 4 rings (SSSR count). The lowest BCUT2D eigenvalue weighted by Gasteiger charge is -2.30. The lowest BCUT2D eigenvalue weighted by Crippen LogP contribution is -2.42. The molecule has 1 saturated heterocycles. The molecule has 1 aliphatic rings. The Morgan fingerprint density at radius 3 is 2.17 bits per heavy atom. The number of amides is 3. The zero-order chi connectivity index (χ0) is 25.3. The van der Waals surface area contributed by atoms with E-state index in [1.54, 1.807) is 49.6 Å². The van der Waals surface area contributed by atoms with Crippen LogP contribution in [0, 0.1) is 5.92 Å². The number of para-hydroxylation sites is 4. The zero-order valence-corrected chi connectivity index (χ0v) is 20.2. The van der Waals surface area contributed by atoms with Gasteiger partial charge in [-0.25, -0.2) is 0 Å². The smallest absolute Gasteiger partial charge is 0.257 e. The van der Waals surface area contributed by atoms with E-state index in [0.29, 0.717) is 54.3 Å². The zero-order valence-electron chi connectivity index (χ0n) is 20.2. The van der Waals surface area contributed by atoms with Crippen molar-refractivity contribution in [3.05, 3.63) is 84.4 Å². The fourth-order valence-electron chi connectivity index (χ4n) is 4.24. The molecule has 36 heavy (non-hydrogen) atoms. The van der Waals surface area contributed by atoms with Crippen molar-refractivity contribution in [3.63, 3.8) is 0 Å². The summed E-state index contributed by atoms with van der Waals surface area (Å²) >= 11 is 0. The van der Waals surface area contributed by atoms with E-state index in [0.717, 1.165) is 0 Å². The number of ether oxygens (including phenoxy) is 1. The normalized spacial score (nSPS) is 14.0. The molecule has 3 aromatic rings. The number of hydrogen-bond acceptors (Lipinski definition) is 5. The standard InChI is InChI=1S/C28H30N4O4/c1-36-25-14-8-7-13-24(25)31-27(34)20-15-17-32(18-16-20)19-26(33)30-23-12-6-5-11-22(23)28(35)29-21-9-3-2-4-10-21/h2-14,20H,15-19H2,1H3,(H,29,35)(H,30,33)(H,31,34). The Morgan fingerprint density at radius 1 is 0.806 bits per heavy atom. The fraction of sp³-hybridized carbons (Fsp3) is 0.250. The van der Waals surface area contributed by atoms with Crippen LogP contribution in [0.2, 0.25) is 0 Å². The maximum atomic E-state index is 12.8. The number of likely N-dealkylation sites (tertiary alicyclic amines) is 1. The predicted octanol–water partition coefficient (Wildman–Crippen LogP) is 4.24. The van der Waals surface area contributed by atoms with Crippen LogP contribution in [0.15, 0.2) is 78.9 Å². The van der Waals surface area contributed by atoms with E-state index in [-0.39, 0.29) is 30.2 Å². The highest BCUT2D eigenvalue weighted by Crippen LogP contribution is 2.26. The lowest BCUT2D eigenvalue weighted by molar-refractivity contribution is -0.121. The second-order valence-electron chi connectivity index (χ2n) is 8.65. The number of nitrogens with zero attached hydrogens (tertiary/aromatic N) is 1. The van der Waals surface area contributed by atoms with Gasteiger partial charge in [-0.05, 0) is 62.3 Å². The quantitative estimate of drug-likeness (QED) is 0.442. The summed E-state index contributed by atoms with van der Waals surface area (Å²) in [6.07, 6.45) is 1.31. The molecule has 0 unspecified atom stereocenters. The van der Waals surface area contributed by atoms with E-state index in [1.807, 2.05) is 41.3 Å². The molecule has 0 radical (unpaired) electrons. The van der Waals surface area contributed by atoms with E-state index >= 15 is 0 Å². The molecule has 1 aliphatic heterocycles. The number of anilines is 3. The maximum Gasteiger partial charge on any atom is 0.257 e. The van der Waals surface area contributed by atoms with Gasteiger partial charge in [0.2, 0.25) is 11.8 Å². The minimum absolute atomic E-state index is 0.0399. The molecule has 8 nitrogen and oxygen atoms in total. The number of carbonyl (C=O) groups is 3. The fourth-order valence-corrected chi connectivity index (χ4v) is 4.24. The summed E-state index contributed by atoms with van der Waals surface area (Å²) in [5.74, 6) is -0.0397. The molecular weight excluding hydrogens is 456 g/mol. The van der Waals surface area contributed by atoms with E-state index in [1.165, 1.54) is 0 Å². The van der Waals surface area contributed by atoms with Gasteiger partial charge in [0.25, 0.3) is 5.91 Å². The Kier molecular flexibility index (Phi) is 8.31. The maximum absolute atomic E-state index is 12.8. The van der Waals surface area contributed by atoms with Crippen molar-refractivity contribution in [3.8, 4) is 5.75 Å². The van der Waals surface area contributed by atoms with Crippen molar-refractivity contribution in [1.82, 2.24) is 4.90 Å². The van der Waals surface area contributed by atoms with Crippen LogP contribution >= 0.6 is 0 Å². The van der Waals surface area contributed by atoms with Gasteiger partial charge in [0, 0.05) is 11.6 Å². The first-order valence-electron chi connectivity index (χ1n) is 11.9. The van der Waals surface area contributed by atoms with Gasteiger partial charge >= 0.3 is 0 Å². The summed E-state index contributed by atoms with van der Waals surface area (Å²) in [6, 6.07) is 23.4. The Hall–Kier alpha value is -4.17. The monoisotopic (exact) mass is 486 g/mol. The van der Waals surface area contributed by atoms with Gasteiger partial charge in [0.1, 0.15) is 5.75 Å². The van der Waals surface area contributed by atoms with Crippen LogP contribution in [-0.4, -0.2) is 49.4 Å². The average Bonchev–Trinajstić information content (AvgIpc) is 2.90. The van der Waals surface area contributed by atoms with Crippen LogP contribution in [0.4, 0.5) is 17.1 Å². The summed E-state index contributed by atoms with van der Waals surface area (Å²) in [7, 11) is 1.57. The molecule has 8 heteroatoms. The molecule has 3 aromatic carbocycles. The third-order valence-corrected chi connectivity index (χ3v) is 6.17. The number of nitrogens with one attached hydrogen (secondary N) is 3. The van der Waals surface area contributed by atoms with Crippen molar-refractivity contribution in [2.75, 3.05) is 42.7 Å². The van der Waals surface area contributed by atoms with E-state index < -0.39 is 0 Å². The van der Waals surface area contributed by atoms with Crippen LogP contribution in [-0.2, 0) is 9.59 Å².